The van der Waals surface area contributed by atoms with Crippen molar-refractivity contribution in [2.24, 2.45) is 5.41 Å². The highest BCUT2D eigenvalue weighted by molar-refractivity contribution is 6.11. The molecule has 0 aromatic carbocycles. The predicted octanol–water partition coefficient (Wildman–Crippen LogP) is -1.77. The third-order valence-corrected chi connectivity index (χ3v) is 2.55. The zero-order chi connectivity index (χ0) is 9.35. The van der Waals surface area contributed by atoms with E-state index in [1.165, 1.54) is 0 Å². The van der Waals surface area contributed by atoms with Crippen LogP contribution >= 0.6 is 0 Å². The van der Waals surface area contributed by atoms with Crippen LogP contribution < -0.4 is 0 Å². The number of rotatable bonds is 2. The van der Waals surface area contributed by atoms with Crippen molar-refractivity contribution in [3.63, 3.8) is 0 Å². The molecular weight excluding hydrogens is 159 g/mol. The van der Waals surface area contributed by atoms with Gasteiger partial charge in [0.25, 0.3) is 0 Å². The summed E-state index contributed by atoms with van der Waals surface area (Å²) in [6, 6.07) is -0.820. The monoisotopic (exact) mass is 172 g/mol. The number of hydrogen-bond donors (Lipinski definition) is 3. The molecule has 1 heterocycles. The molecule has 1 aliphatic heterocycles. The maximum absolute atomic E-state index is 9.50. The van der Waals surface area contributed by atoms with E-state index in [1.807, 2.05) is 0 Å². The van der Waals surface area contributed by atoms with Crippen LogP contribution in [-0.4, -0.2) is 54.6 Å². The second-order valence-electron chi connectivity index (χ2n) is 3.38. The van der Waals surface area contributed by atoms with Crippen molar-refractivity contribution in [1.82, 2.24) is 0 Å². The molecular formula is C7H13BO4. The molecule has 1 rings (SSSR count). The Hall–Kier alpha value is -0.0951. The molecule has 0 aromatic heterocycles. The highest BCUT2D eigenvalue weighted by Gasteiger charge is 2.50. The zero-order valence-corrected chi connectivity index (χ0v) is 6.97. The second-order valence-corrected chi connectivity index (χ2v) is 3.38. The number of aliphatic hydroxyl groups excluding tert-OH is 3. The van der Waals surface area contributed by atoms with E-state index in [1.54, 1.807) is 6.92 Å². The van der Waals surface area contributed by atoms with Gasteiger partial charge in [-0.15, -0.1) is 0 Å². The van der Waals surface area contributed by atoms with E-state index >= 15 is 0 Å². The normalized spacial score (nSPS) is 48.2. The molecule has 0 aromatic rings. The molecule has 4 nitrogen and oxygen atoms in total. The third kappa shape index (κ3) is 1.27. The van der Waals surface area contributed by atoms with Crippen LogP contribution in [0.25, 0.3) is 0 Å². The number of ether oxygens (including phenoxy) is 1. The van der Waals surface area contributed by atoms with Gasteiger partial charge >= 0.3 is 0 Å². The Morgan fingerprint density at radius 3 is 2.42 bits per heavy atom. The van der Waals surface area contributed by atoms with Crippen LogP contribution in [0.1, 0.15) is 6.92 Å². The van der Waals surface area contributed by atoms with Crippen LogP contribution in [0, 0.1) is 5.41 Å². The van der Waals surface area contributed by atoms with E-state index in [9.17, 15) is 5.11 Å². The molecule has 1 fully saturated rings. The Morgan fingerprint density at radius 1 is 1.50 bits per heavy atom. The van der Waals surface area contributed by atoms with Gasteiger partial charge in [-0.1, -0.05) is 6.92 Å². The molecule has 12 heavy (non-hydrogen) atoms. The molecule has 4 atom stereocenters. The summed E-state index contributed by atoms with van der Waals surface area (Å²) in [4.78, 5) is 0. The fraction of sp³-hybridized carbons (Fsp3) is 1.00. The minimum Gasteiger partial charge on any atom is -0.396 e. The van der Waals surface area contributed by atoms with E-state index in [4.69, 9.17) is 22.8 Å². The van der Waals surface area contributed by atoms with E-state index < -0.39 is 23.6 Å². The molecule has 2 radical (unpaired) electrons. The average Bonchev–Trinajstić information content (AvgIpc) is 2.30. The highest BCUT2D eigenvalue weighted by Crippen LogP contribution is 2.36. The van der Waals surface area contributed by atoms with Gasteiger partial charge < -0.3 is 20.1 Å². The molecule has 1 saturated heterocycles. The summed E-state index contributed by atoms with van der Waals surface area (Å²) < 4.78 is 5.05. The standard InChI is InChI=1S/C7H13BO4/c1-7(3-10)4(2-9)12-6(8)5(7)11/h4-6,9-11H,2-3H2,1H3/t4?,5-,6+,7-/m0/s1. The molecule has 0 amide bonds. The Balaban J connectivity index is 2.80. The average molecular weight is 172 g/mol. The predicted molar refractivity (Wildman–Crippen MR) is 42.7 cm³/mol. The summed E-state index contributed by atoms with van der Waals surface area (Å²) in [6.07, 6.45) is -1.52. The molecule has 1 aliphatic rings. The molecule has 3 N–H and O–H groups in total. The smallest absolute Gasteiger partial charge is 0.112 e. The molecule has 0 aliphatic carbocycles. The van der Waals surface area contributed by atoms with Gasteiger partial charge in [0.1, 0.15) is 7.85 Å². The number of hydrogen-bond acceptors (Lipinski definition) is 4. The summed E-state index contributed by atoms with van der Waals surface area (Å²) in [5, 5.41) is 27.4. The minimum atomic E-state index is -0.931. The van der Waals surface area contributed by atoms with Crippen LogP contribution in [0.15, 0.2) is 0 Å². The first-order chi connectivity index (χ1) is 5.56. The van der Waals surface area contributed by atoms with Crippen LogP contribution in [0.5, 0.6) is 0 Å². The van der Waals surface area contributed by atoms with Crippen molar-refractivity contribution in [2.75, 3.05) is 13.2 Å². The second kappa shape index (κ2) is 3.34. The lowest BCUT2D eigenvalue weighted by molar-refractivity contribution is -0.0300. The Labute approximate surface area is 72.6 Å². The fourth-order valence-corrected chi connectivity index (χ4v) is 1.43. The molecule has 0 spiro atoms. The van der Waals surface area contributed by atoms with Gasteiger partial charge in [-0.05, 0) is 0 Å². The van der Waals surface area contributed by atoms with Crippen LogP contribution in [0.3, 0.4) is 0 Å². The van der Waals surface area contributed by atoms with E-state index in [2.05, 4.69) is 0 Å². The molecule has 1 unspecified atom stereocenters. The summed E-state index contributed by atoms with van der Waals surface area (Å²) >= 11 is 0. The first-order valence-electron chi connectivity index (χ1n) is 3.87. The Morgan fingerprint density at radius 2 is 2.08 bits per heavy atom. The van der Waals surface area contributed by atoms with Gasteiger partial charge in [0, 0.05) is 11.4 Å². The number of aliphatic hydroxyl groups is 3. The first kappa shape index (κ1) is 9.99. The zero-order valence-electron chi connectivity index (χ0n) is 6.97. The summed E-state index contributed by atoms with van der Waals surface area (Å²) in [7, 11) is 5.40. The lowest BCUT2D eigenvalue weighted by atomic mass is 9.76. The van der Waals surface area contributed by atoms with Gasteiger partial charge in [0.05, 0.1) is 25.4 Å². The SMILES string of the molecule is [B][C@@H]1OC(CO)[C@](C)(CO)[C@H]1O. The fourth-order valence-electron chi connectivity index (χ4n) is 1.43. The summed E-state index contributed by atoms with van der Waals surface area (Å²) in [6.45, 7) is 1.13. The molecule has 0 saturated carbocycles. The van der Waals surface area contributed by atoms with Gasteiger partial charge in [-0.25, -0.2) is 0 Å². The molecule has 5 heteroatoms. The maximum atomic E-state index is 9.50. The van der Waals surface area contributed by atoms with Crippen molar-refractivity contribution < 1.29 is 20.1 Å². The van der Waals surface area contributed by atoms with Crippen molar-refractivity contribution in [1.29, 1.82) is 0 Å². The van der Waals surface area contributed by atoms with Gasteiger partial charge in [-0.3, -0.25) is 0 Å². The van der Waals surface area contributed by atoms with Crippen molar-refractivity contribution in [2.45, 2.75) is 25.1 Å². The third-order valence-electron chi connectivity index (χ3n) is 2.55. The van der Waals surface area contributed by atoms with Crippen LogP contribution in [-0.2, 0) is 4.74 Å². The first-order valence-corrected chi connectivity index (χ1v) is 3.87. The maximum Gasteiger partial charge on any atom is 0.112 e. The summed E-state index contributed by atoms with van der Waals surface area (Å²) in [5.41, 5.74) is -0.853. The lowest BCUT2D eigenvalue weighted by Crippen LogP contribution is -2.43. The van der Waals surface area contributed by atoms with Gasteiger partial charge in [0.15, 0.2) is 0 Å². The van der Waals surface area contributed by atoms with E-state index in [0.29, 0.717) is 0 Å². The largest absolute Gasteiger partial charge is 0.396 e. The van der Waals surface area contributed by atoms with Gasteiger partial charge in [0.2, 0.25) is 0 Å². The van der Waals surface area contributed by atoms with E-state index in [0.717, 1.165) is 0 Å². The van der Waals surface area contributed by atoms with Crippen molar-refractivity contribution in [3.05, 3.63) is 0 Å². The topological polar surface area (TPSA) is 69.9 Å². The van der Waals surface area contributed by atoms with Crippen molar-refractivity contribution in [3.8, 4) is 0 Å². The van der Waals surface area contributed by atoms with Crippen LogP contribution in [0.2, 0.25) is 0 Å². The quantitative estimate of drug-likeness (QED) is 0.431. The Kier molecular flexibility index (Phi) is 2.78. The summed E-state index contributed by atoms with van der Waals surface area (Å²) in [5.74, 6) is 0. The molecule has 68 valence electrons. The van der Waals surface area contributed by atoms with Crippen molar-refractivity contribution >= 4 is 7.85 Å². The Bertz CT molecular complexity index is 165. The molecule has 0 bridgehead atoms. The van der Waals surface area contributed by atoms with E-state index in [-0.39, 0.29) is 13.2 Å². The van der Waals surface area contributed by atoms with Gasteiger partial charge in [-0.2, -0.15) is 0 Å². The minimum absolute atomic E-state index is 0.248. The lowest BCUT2D eigenvalue weighted by Gasteiger charge is -2.29. The highest BCUT2D eigenvalue weighted by atomic mass is 16.5. The van der Waals surface area contributed by atoms with Crippen LogP contribution in [0.4, 0.5) is 0 Å².